The molecule has 6 nitrogen and oxygen atoms in total. The van der Waals surface area contributed by atoms with Gasteiger partial charge in [-0.2, -0.15) is 0 Å². The second-order valence-electron chi connectivity index (χ2n) is 5.56. The maximum atomic E-state index is 9.10. The van der Waals surface area contributed by atoms with Crippen molar-refractivity contribution >= 4 is 27.9 Å². The van der Waals surface area contributed by atoms with Crippen molar-refractivity contribution in [1.29, 1.82) is 0 Å². The van der Waals surface area contributed by atoms with E-state index in [1.54, 1.807) is 6.08 Å². The summed E-state index contributed by atoms with van der Waals surface area (Å²) in [6.07, 6.45) is 1.74. The van der Waals surface area contributed by atoms with Crippen LogP contribution in [0.1, 0.15) is 16.7 Å². The van der Waals surface area contributed by atoms with Gasteiger partial charge in [0.25, 0.3) is 0 Å². The molecule has 2 rings (SSSR count). The van der Waals surface area contributed by atoms with E-state index in [0.29, 0.717) is 6.61 Å². The number of rotatable bonds is 7. The first-order chi connectivity index (χ1) is 12.8. The van der Waals surface area contributed by atoms with Crippen molar-refractivity contribution in [3.8, 4) is 5.75 Å². The Morgan fingerprint density at radius 3 is 2.15 bits per heavy atom. The molecule has 0 aromatic heterocycles. The van der Waals surface area contributed by atoms with E-state index in [9.17, 15) is 0 Å². The van der Waals surface area contributed by atoms with Gasteiger partial charge in [-0.3, -0.25) is 0 Å². The highest BCUT2D eigenvalue weighted by atomic mass is 79.9. The van der Waals surface area contributed by atoms with Gasteiger partial charge >= 0.3 is 11.9 Å². The Morgan fingerprint density at radius 2 is 1.63 bits per heavy atom. The largest absolute Gasteiger partial charge is 0.488 e. The van der Waals surface area contributed by atoms with Crippen LogP contribution in [0, 0.1) is 6.92 Å². The van der Waals surface area contributed by atoms with E-state index in [4.69, 9.17) is 24.5 Å². The predicted molar refractivity (Wildman–Crippen MR) is 107 cm³/mol. The highest BCUT2D eigenvalue weighted by Crippen LogP contribution is 2.26. The van der Waals surface area contributed by atoms with Gasteiger partial charge in [0.2, 0.25) is 0 Å². The van der Waals surface area contributed by atoms with Crippen LogP contribution < -0.4 is 10.1 Å². The van der Waals surface area contributed by atoms with E-state index < -0.39 is 11.9 Å². The van der Waals surface area contributed by atoms with Crippen LogP contribution in [-0.4, -0.2) is 28.8 Å². The monoisotopic (exact) mass is 435 g/mol. The quantitative estimate of drug-likeness (QED) is 0.452. The first-order valence-electron chi connectivity index (χ1n) is 8.08. The van der Waals surface area contributed by atoms with Crippen molar-refractivity contribution in [1.82, 2.24) is 5.32 Å². The van der Waals surface area contributed by atoms with Crippen LogP contribution >= 0.6 is 15.9 Å². The van der Waals surface area contributed by atoms with Crippen LogP contribution in [0.15, 0.2) is 59.6 Å². The van der Waals surface area contributed by atoms with Gasteiger partial charge in [-0.05, 0) is 46.1 Å². The highest BCUT2D eigenvalue weighted by molar-refractivity contribution is 9.10. The number of aliphatic carboxylic acids is 2. The fourth-order valence-corrected chi connectivity index (χ4v) is 2.52. The number of nitrogens with one attached hydrogen (secondary N) is 1. The van der Waals surface area contributed by atoms with Gasteiger partial charge in [-0.1, -0.05) is 48.6 Å². The molecule has 2 aromatic carbocycles. The van der Waals surface area contributed by atoms with E-state index in [2.05, 4.69) is 71.1 Å². The van der Waals surface area contributed by atoms with Gasteiger partial charge < -0.3 is 20.3 Å². The average molecular weight is 436 g/mol. The molecule has 0 unspecified atom stereocenters. The third-order valence-corrected chi connectivity index (χ3v) is 3.93. The maximum Gasteiger partial charge on any atom is 0.414 e. The molecule has 0 atom stereocenters. The molecule has 0 amide bonds. The van der Waals surface area contributed by atoms with Gasteiger partial charge in [-0.25, -0.2) is 9.59 Å². The fraction of sp³-hybridized carbons (Fsp3) is 0.200. The number of carboxylic acid groups (broad SMARTS) is 2. The van der Waals surface area contributed by atoms with Crippen LogP contribution in [0.3, 0.4) is 0 Å². The minimum absolute atomic E-state index is 0.517. The number of carboxylic acids is 2. The standard InChI is InChI=1S/C18H20BrNO.C2H2O4/c1-3-10-21-18-9-8-16(11-17(18)19)13-20-12-15-6-4-14(2)5-7-15;3-1(4)2(5)6/h3-9,11,20H,1,10,12-13H2,2H3;(H,3,4)(H,5,6). The summed E-state index contributed by atoms with van der Waals surface area (Å²) >= 11 is 3.54. The summed E-state index contributed by atoms with van der Waals surface area (Å²) in [5.74, 6) is -2.80. The lowest BCUT2D eigenvalue weighted by molar-refractivity contribution is -0.159. The van der Waals surface area contributed by atoms with Crippen LogP contribution in [-0.2, 0) is 22.7 Å². The molecule has 0 radical (unpaired) electrons. The van der Waals surface area contributed by atoms with Crippen molar-refractivity contribution in [2.75, 3.05) is 6.61 Å². The Labute approximate surface area is 166 Å². The number of benzene rings is 2. The minimum Gasteiger partial charge on any atom is -0.488 e. The Morgan fingerprint density at radius 1 is 1.07 bits per heavy atom. The van der Waals surface area contributed by atoms with Crippen LogP contribution in [0.4, 0.5) is 0 Å². The second kappa shape index (κ2) is 11.9. The number of hydrogen-bond donors (Lipinski definition) is 3. The first-order valence-corrected chi connectivity index (χ1v) is 8.87. The Bertz CT molecular complexity index is 762. The molecule has 0 saturated heterocycles. The Kier molecular flexibility index (Phi) is 9.85. The lowest BCUT2D eigenvalue weighted by Gasteiger charge is -2.09. The molecule has 3 N–H and O–H groups in total. The zero-order valence-corrected chi connectivity index (χ0v) is 16.5. The van der Waals surface area contributed by atoms with Crippen molar-refractivity contribution in [3.63, 3.8) is 0 Å². The summed E-state index contributed by atoms with van der Waals surface area (Å²) in [7, 11) is 0. The molecule has 0 heterocycles. The van der Waals surface area contributed by atoms with E-state index in [1.165, 1.54) is 16.7 Å². The van der Waals surface area contributed by atoms with Gasteiger partial charge in [0.15, 0.2) is 0 Å². The van der Waals surface area contributed by atoms with Crippen molar-refractivity contribution in [2.45, 2.75) is 20.0 Å². The van der Waals surface area contributed by atoms with Gasteiger partial charge in [-0.15, -0.1) is 0 Å². The SMILES string of the molecule is C=CCOc1ccc(CNCc2ccc(C)cc2)cc1Br.O=C(O)C(=O)O. The van der Waals surface area contributed by atoms with Crippen molar-refractivity contribution in [2.24, 2.45) is 0 Å². The highest BCUT2D eigenvalue weighted by Gasteiger charge is 2.04. The minimum atomic E-state index is -1.82. The molecule has 144 valence electrons. The maximum absolute atomic E-state index is 9.10. The third kappa shape index (κ3) is 9.03. The van der Waals surface area contributed by atoms with Crippen LogP contribution in [0.25, 0.3) is 0 Å². The molecule has 0 fully saturated rings. The summed E-state index contributed by atoms with van der Waals surface area (Å²) in [4.78, 5) is 18.2. The summed E-state index contributed by atoms with van der Waals surface area (Å²) in [6, 6.07) is 14.7. The molecule has 0 saturated carbocycles. The molecular weight excluding hydrogens is 414 g/mol. The summed E-state index contributed by atoms with van der Waals surface area (Å²) in [5, 5.41) is 18.2. The van der Waals surface area contributed by atoms with E-state index in [0.717, 1.165) is 23.3 Å². The number of ether oxygens (including phenoxy) is 1. The van der Waals surface area contributed by atoms with E-state index >= 15 is 0 Å². The molecule has 0 aliphatic carbocycles. The molecule has 7 heteroatoms. The first kappa shape index (κ1) is 22.4. The zero-order chi connectivity index (χ0) is 20.2. The smallest absolute Gasteiger partial charge is 0.414 e. The number of aryl methyl sites for hydroxylation is 1. The van der Waals surface area contributed by atoms with Crippen molar-refractivity contribution in [3.05, 3.63) is 76.3 Å². The van der Waals surface area contributed by atoms with Gasteiger partial charge in [0.05, 0.1) is 4.47 Å². The van der Waals surface area contributed by atoms with Gasteiger partial charge in [0, 0.05) is 13.1 Å². The van der Waals surface area contributed by atoms with Gasteiger partial charge in [0.1, 0.15) is 12.4 Å². The van der Waals surface area contributed by atoms with Crippen LogP contribution in [0.2, 0.25) is 0 Å². The molecule has 0 bridgehead atoms. The Hall–Kier alpha value is -2.64. The number of halogens is 1. The fourth-order valence-electron chi connectivity index (χ4n) is 1.98. The molecule has 0 aliphatic rings. The lowest BCUT2D eigenvalue weighted by Crippen LogP contribution is -2.12. The molecule has 0 spiro atoms. The number of carbonyl (C=O) groups is 2. The topological polar surface area (TPSA) is 95.9 Å². The normalized spacial score (nSPS) is 9.70. The third-order valence-electron chi connectivity index (χ3n) is 3.31. The zero-order valence-electron chi connectivity index (χ0n) is 14.9. The summed E-state index contributed by atoms with van der Waals surface area (Å²) in [5.41, 5.74) is 3.81. The molecule has 2 aromatic rings. The summed E-state index contributed by atoms with van der Waals surface area (Å²) in [6.45, 7) is 7.96. The molecule has 0 aliphatic heterocycles. The average Bonchev–Trinajstić information content (AvgIpc) is 2.63. The lowest BCUT2D eigenvalue weighted by atomic mass is 10.1. The van der Waals surface area contributed by atoms with Crippen molar-refractivity contribution < 1.29 is 24.5 Å². The Balaban J connectivity index is 0.000000527. The molecule has 27 heavy (non-hydrogen) atoms. The van der Waals surface area contributed by atoms with E-state index in [-0.39, 0.29) is 0 Å². The van der Waals surface area contributed by atoms with Crippen LogP contribution in [0.5, 0.6) is 5.75 Å². The predicted octanol–water partition coefficient (Wildman–Crippen LogP) is 3.77. The summed E-state index contributed by atoms with van der Waals surface area (Å²) < 4.78 is 6.51. The number of hydrogen-bond acceptors (Lipinski definition) is 4. The molecular formula is C20H22BrNO5. The second-order valence-corrected chi connectivity index (χ2v) is 6.42. The van der Waals surface area contributed by atoms with E-state index in [1.807, 2.05) is 6.07 Å².